The minimum Gasteiger partial charge on any atom is -0.379 e. The molecule has 196 valence electrons. The van der Waals surface area contributed by atoms with E-state index in [9.17, 15) is 9.59 Å². The maximum atomic E-state index is 14.1. The van der Waals surface area contributed by atoms with Crippen LogP contribution in [0.2, 0.25) is 0 Å². The standard InChI is InChI=1S/C29H37N5O3/c1-21(2)37-19-11-18-33-26(27(35)31-22-12-6-3-4-7-13-22)25-16-10-17-32(25)28-24(29(33)36)20-30-34(28)23-14-8-5-9-15-23/h5,8-10,14-17,20-22,26H,3-4,6-7,11-13,18-19H2,1-2H3,(H,31,35)/t26-/m1/s1. The second kappa shape index (κ2) is 11.3. The van der Waals surface area contributed by atoms with Crippen LogP contribution in [0.5, 0.6) is 0 Å². The van der Waals surface area contributed by atoms with Gasteiger partial charge in [-0.3, -0.25) is 9.59 Å². The van der Waals surface area contributed by atoms with Crippen LogP contribution in [0.4, 0.5) is 0 Å². The third-order valence-corrected chi connectivity index (χ3v) is 7.28. The molecule has 3 heterocycles. The molecule has 1 aliphatic heterocycles. The van der Waals surface area contributed by atoms with Crippen molar-refractivity contribution in [2.45, 2.75) is 77.0 Å². The third kappa shape index (κ3) is 5.34. The van der Waals surface area contributed by atoms with Crippen molar-refractivity contribution in [3.05, 3.63) is 66.1 Å². The van der Waals surface area contributed by atoms with Crippen LogP contribution in [0.3, 0.4) is 0 Å². The number of carbonyl (C=O) groups excluding carboxylic acids is 2. The summed E-state index contributed by atoms with van der Waals surface area (Å²) in [6, 6.07) is 13.1. The number of carbonyl (C=O) groups is 2. The van der Waals surface area contributed by atoms with Gasteiger partial charge in [-0.25, -0.2) is 4.68 Å². The highest BCUT2D eigenvalue weighted by Crippen LogP contribution is 2.34. The molecular formula is C29H37N5O3. The molecule has 1 N–H and O–H groups in total. The van der Waals surface area contributed by atoms with Gasteiger partial charge in [-0.1, -0.05) is 43.9 Å². The molecule has 3 aromatic rings. The van der Waals surface area contributed by atoms with E-state index < -0.39 is 6.04 Å². The Labute approximate surface area is 218 Å². The van der Waals surface area contributed by atoms with E-state index in [1.54, 1.807) is 15.8 Å². The minimum atomic E-state index is -0.735. The highest BCUT2D eigenvalue weighted by Gasteiger charge is 2.40. The number of benzene rings is 1. The predicted octanol–water partition coefficient (Wildman–Crippen LogP) is 4.81. The maximum Gasteiger partial charge on any atom is 0.260 e. The van der Waals surface area contributed by atoms with Crippen molar-refractivity contribution >= 4 is 11.8 Å². The van der Waals surface area contributed by atoms with Gasteiger partial charge >= 0.3 is 0 Å². The van der Waals surface area contributed by atoms with Crippen LogP contribution < -0.4 is 5.32 Å². The van der Waals surface area contributed by atoms with Crippen molar-refractivity contribution < 1.29 is 14.3 Å². The number of hydrogen-bond donors (Lipinski definition) is 1. The molecule has 0 radical (unpaired) electrons. The van der Waals surface area contributed by atoms with Crippen molar-refractivity contribution in [1.82, 2.24) is 24.6 Å². The first-order chi connectivity index (χ1) is 18.0. The number of nitrogens with zero attached hydrogens (tertiary/aromatic N) is 4. The van der Waals surface area contributed by atoms with Gasteiger partial charge < -0.3 is 19.5 Å². The summed E-state index contributed by atoms with van der Waals surface area (Å²) in [4.78, 5) is 29.7. The topological polar surface area (TPSA) is 81.4 Å². The van der Waals surface area contributed by atoms with E-state index in [4.69, 9.17) is 4.74 Å². The molecule has 8 nitrogen and oxygen atoms in total. The summed E-state index contributed by atoms with van der Waals surface area (Å²) in [5, 5.41) is 7.90. The number of amides is 2. The molecule has 2 aliphatic rings. The Hall–Kier alpha value is -3.39. The van der Waals surface area contributed by atoms with E-state index in [1.165, 1.54) is 12.8 Å². The Bertz CT molecular complexity index is 1210. The van der Waals surface area contributed by atoms with E-state index >= 15 is 0 Å². The lowest BCUT2D eigenvalue weighted by Crippen LogP contribution is -2.46. The molecule has 1 saturated carbocycles. The number of rotatable bonds is 8. The van der Waals surface area contributed by atoms with Gasteiger partial charge in [-0.05, 0) is 57.4 Å². The van der Waals surface area contributed by atoms with Crippen molar-refractivity contribution in [1.29, 1.82) is 0 Å². The first-order valence-corrected chi connectivity index (χ1v) is 13.6. The van der Waals surface area contributed by atoms with Crippen LogP contribution in [0.25, 0.3) is 11.5 Å². The molecule has 2 aromatic heterocycles. The van der Waals surface area contributed by atoms with E-state index in [-0.39, 0.29) is 24.0 Å². The van der Waals surface area contributed by atoms with Crippen LogP contribution in [0.15, 0.2) is 54.9 Å². The van der Waals surface area contributed by atoms with Crippen molar-refractivity contribution in [2.24, 2.45) is 0 Å². The highest BCUT2D eigenvalue weighted by atomic mass is 16.5. The van der Waals surface area contributed by atoms with Crippen molar-refractivity contribution in [3.63, 3.8) is 0 Å². The molecule has 0 spiro atoms. The Morgan fingerprint density at radius 3 is 2.57 bits per heavy atom. The Balaban J connectivity index is 1.53. The van der Waals surface area contributed by atoms with Gasteiger partial charge in [-0.15, -0.1) is 0 Å². The molecule has 5 rings (SSSR count). The number of para-hydroxylation sites is 1. The highest BCUT2D eigenvalue weighted by molar-refractivity contribution is 6.01. The third-order valence-electron chi connectivity index (χ3n) is 7.28. The van der Waals surface area contributed by atoms with E-state index in [0.717, 1.165) is 37.1 Å². The van der Waals surface area contributed by atoms with Crippen LogP contribution >= 0.6 is 0 Å². The van der Waals surface area contributed by atoms with Gasteiger partial charge in [0.1, 0.15) is 5.56 Å². The lowest BCUT2D eigenvalue weighted by Gasteiger charge is -2.31. The quantitative estimate of drug-likeness (QED) is 0.353. The Morgan fingerprint density at radius 1 is 1.08 bits per heavy atom. The van der Waals surface area contributed by atoms with Gasteiger partial charge in [0, 0.05) is 25.4 Å². The molecule has 0 bridgehead atoms. The summed E-state index contributed by atoms with van der Waals surface area (Å²) in [7, 11) is 0. The monoisotopic (exact) mass is 503 g/mol. The lowest BCUT2D eigenvalue weighted by molar-refractivity contribution is -0.127. The maximum absolute atomic E-state index is 14.1. The zero-order chi connectivity index (χ0) is 25.8. The van der Waals surface area contributed by atoms with Gasteiger partial charge in [0.05, 0.1) is 23.7 Å². The lowest BCUT2D eigenvalue weighted by atomic mass is 10.1. The summed E-state index contributed by atoms with van der Waals surface area (Å²) in [6.45, 7) is 4.93. The average Bonchev–Trinajstić information content (AvgIpc) is 3.44. The molecule has 1 aromatic carbocycles. The number of nitrogens with one attached hydrogen (secondary N) is 1. The van der Waals surface area contributed by atoms with Gasteiger partial charge in [0.15, 0.2) is 11.9 Å². The average molecular weight is 504 g/mol. The second-order valence-electron chi connectivity index (χ2n) is 10.3. The van der Waals surface area contributed by atoms with E-state index in [2.05, 4.69) is 10.4 Å². The fraction of sp³-hybridized carbons (Fsp3) is 0.483. The normalized spacial score (nSPS) is 18.3. The fourth-order valence-electron chi connectivity index (χ4n) is 5.49. The SMILES string of the molecule is CC(C)OCCCN1C(=O)c2cnn(-c3ccccc3)c2-n2cccc2[C@@H]1C(=O)NC1CCCCCC1. The molecular weight excluding hydrogens is 466 g/mol. The van der Waals surface area contributed by atoms with Crippen LogP contribution in [0, 0.1) is 0 Å². The van der Waals surface area contributed by atoms with Crippen LogP contribution in [0.1, 0.15) is 80.9 Å². The molecule has 1 fully saturated rings. The molecule has 8 heteroatoms. The molecule has 1 atom stereocenters. The number of hydrogen-bond acceptors (Lipinski definition) is 4. The Morgan fingerprint density at radius 2 is 1.84 bits per heavy atom. The van der Waals surface area contributed by atoms with Gasteiger partial charge in [-0.2, -0.15) is 5.10 Å². The fourth-order valence-corrected chi connectivity index (χ4v) is 5.49. The number of aromatic nitrogens is 3. The van der Waals surface area contributed by atoms with Gasteiger partial charge in [0.2, 0.25) is 5.91 Å². The molecule has 1 aliphatic carbocycles. The first kappa shape index (κ1) is 25.3. The molecule has 0 unspecified atom stereocenters. The Kier molecular flexibility index (Phi) is 7.74. The van der Waals surface area contributed by atoms with E-state index in [1.807, 2.05) is 67.1 Å². The van der Waals surface area contributed by atoms with Crippen LogP contribution in [-0.2, 0) is 9.53 Å². The zero-order valence-electron chi connectivity index (χ0n) is 21.8. The molecule has 2 amide bonds. The van der Waals surface area contributed by atoms with Crippen LogP contribution in [-0.4, -0.2) is 56.4 Å². The molecule has 37 heavy (non-hydrogen) atoms. The van der Waals surface area contributed by atoms with Crippen molar-refractivity contribution in [2.75, 3.05) is 13.2 Å². The molecule has 0 saturated heterocycles. The number of ether oxygens (including phenoxy) is 1. The first-order valence-electron chi connectivity index (χ1n) is 13.6. The summed E-state index contributed by atoms with van der Waals surface area (Å²) < 4.78 is 9.49. The predicted molar refractivity (Wildman–Crippen MR) is 142 cm³/mol. The zero-order valence-corrected chi connectivity index (χ0v) is 21.8. The second-order valence-corrected chi connectivity index (χ2v) is 10.3. The summed E-state index contributed by atoms with van der Waals surface area (Å²) >= 11 is 0. The van der Waals surface area contributed by atoms with E-state index in [0.29, 0.717) is 31.0 Å². The minimum absolute atomic E-state index is 0.113. The summed E-state index contributed by atoms with van der Waals surface area (Å²) in [5.41, 5.74) is 2.10. The van der Waals surface area contributed by atoms with Crippen molar-refractivity contribution in [3.8, 4) is 11.5 Å². The summed E-state index contributed by atoms with van der Waals surface area (Å²) in [6.07, 6.45) is 10.9. The summed E-state index contributed by atoms with van der Waals surface area (Å²) in [5.74, 6) is 0.352. The smallest absolute Gasteiger partial charge is 0.260 e. The number of fused-ring (bicyclic) bond motifs is 3. The van der Waals surface area contributed by atoms with Gasteiger partial charge in [0.25, 0.3) is 5.91 Å². The largest absolute Gasteiger partial charge is 0.379 e.